The van der Waals surface area contributed by atoms with Crippen LogP contribution in [0.2, 0.25) is 0 Å². The zero-order chi connectivity index (χ0) is 15.6. The number of alkyl halides is 3. The normalized spacial score (nSPS) is 13.4. The zero-order valence-corrected chi connectivity index (χ0v) is 13.9. The number of aryl methyl sites for hydroxylation is 1. The lowest BCUT2D eigenvalue weighted by Gasteiger charge is -2.19. The summed E-state index contributed by atoms with van der Waals surface area (Å²) in [7, 11) is 1.73. The van der Waals surface area contributed by atoms with Gasteiger partial charge < -0.3 is 5.32 Å². The Morgan fingerprint density at radius 3 is 2.62 bits per heavy atom. The van der Waals surface area contributed by atoms with Crippen molar-refractivity contribution in [1.29, 1.82) is 0 Å². The molecule has 2 aromatic rings. The highest BCUT2D eigenvalue weighted by Gasteiger charge is 2.31. The summed E-state index contributed by atoms with van der Waals surface area (Å²) in [6.07, 6.45) is -3.79. The highest BCUT2D eigenvalue weighted by molar-refractivity contribution is 9.10. The number of hydrogen-bond acceptors (Lipinski definition) is 3. The summed E-state index contributed by atoms with van der Waals surface area (Å²) in [6.45, 7) is 1.90. The van der Waals surface area contributed by atoms with Gasteiger partial charge in [-0.3, -0.25) is 0 Å². The van der Waals surface area contributed by atoms with Crippen LogP contribution in [0.4, 0.5) is 13.2 Å². The van der Waals surface area contributed by atoms with Crippen LogP contribution in [0.5, 0.6) is 0 Å². The van der Waals surface area contributed by atoms with Crippen LogP contribution >= 0.6 is 27.3 Å². The topological polar surface area (TPSA) is 24.9 Å². The number of hydrogen-bond donors (Lipinski definition) is 1. The smallest absolute Gasteiger partial charge is 0.313 e. The Balaban J connectivity index is 2.33. The fourth-order valence-electron chi connectivity index (χ4n) is 2.03. The Morgan fingerprint density at radius 1 is 1.38 bits per heavy atom. The molecule has 0 saturated carbocycles. The van der Waals surface area contributed by atoms with Crippen molar-refractivity contribution in [2.45, 2.75) is 25.6 Å². The highest BCUT2D eigenvalue weighted by Crippen LogP contribution is 2.34. The van der Waals surface area contributed by atoms with Crippen LogP contribution in [0.3, 0.4) is 0 Å². The summed E-state index contributed by atoms with van der Waals surface area (Å²) >= 11 is 4.85. The molecule has 1 heterocycles. The van der Waals surface area contributed by atoms with Gasteiger partial charge in [-0.2, -0.15) is 13.2 Å². The molecule has 7 heteroatoms. The third-order valence-electron chi connectivity index (χ3n) is 3.09. The number of halogens is 4. The molecule has 0 saturated heterocycles. The number of benzene rings is 1. The first-order valence-corrected chi connectivity index (χ1v) is 7.93. The van der Waals surface area contributed by atoms with E-state index < -0.39 is 11.7 Å². The Hall–Kier alpha value is -0.920. The van der Waals surface area contributed by atoms with E-state index in [0.29, 0.717) is 16.5 Å². The predicted molar refractivity (Wildman–Crippen MR) is 81.5 cm³/mol. The molecule has 1 unspecified atom stereocenters. The van der Waals surface area contributed by atoms with Crippen LogP contribution in [0.1, 0.15) is 27.9 Å². The summed E-state index contributed by atoms with van der Waals surface area (Å²) in [4.78, 5) is 4.37. The largest absolute Gasteiger partial charge is 0.416 e. The van der Waals surface area contributed by atoms with Crippen LogP contribution in [-0.2, 0) is 12.6 Å². The standard InChI is InChI=1S/C14H14BrF3N2S/c1-8-7-21-13(20-8)6-12(19-2)10-5-9(14(16,17)18)3-4-11(10)15/h3-5,7,12,19H,6H2,1-2H3. The van der Waals surface area contributed by atoms with Gasteiger partial charge in [0.05, 0.1) is 10.6 Å². The molecule has 0 aliphatic rings. The fraction of sp³-hybridized carbons (Fsp3) is 0.357. The summed E-state index contributed by atoms with van der Waals surface area (Å²) in [5, 5.41) is 5.90. The SMILES string of the molecule is CNC(Cc1nc(C)cs1)c1cc(C(F)(F)F)ccc1Br. The first-order chi connectivity index (χ1) is 9.81. The van der Waals surface area contributed by atoms with Gasteiger partial charge >= 0.3 is 6.18 Å². The number of likely N-dealkylation sites (N-methyl/N-ethyl adjacent to an activating group) is 1. The average molecular weight is 379 g/mol. The van der Waals surface area contributed by atoms with E-state index >= 15 is 0 Å². The minimum atomic E-state index is -4.34. The van der Waals surface area contributed by atoms with Crippen molar-refractivity contribution in [1.82, 2.24) is 10.3 Å². The lowest BCUT2D eigenvalue weighted by Crippen LogP contribution is -2.20. The molecular weight excluding hydrogens is 365 g/mol. The van der Waals surface area contributed by atoms with Crippen molar-refractivity contribution < 1.29 is 13.2 Å². The van der Waals surface area contributed by atoms with Crippen LogP contribution in [0.15, 0.2) is 28.1 Å². The number of nitrogens with zero attached hydrogens (tertiary/aromatic N) is 1. The van der Waals surface area contributed by atoms with Crippen LogP contribution in [-0.4, -0.2) is 12.0 Å². The quantitative estimate of drug-likeness (QED) is 0.831. The van der Waals surface area contributed by atoms with Gasteiger partial charge in [0.1, 0.15) is 0 Å². The van der Waals surface area contributed by atoms with Gasteiger partial charge in [-0.1, -0.05) is 15.9 Å². The molecular formula is C14H14BrF3N2S. The summed E-state index contributed by atoms with van der Waals surface area (Å²) in [5.74, 6) is 0. The fourth-order valence-corrected chi connectivity index (χ4v) is 3.37. The minimum absolute atomic E-state index is 0.229. The van der Waals surface area contributed by atoms with E-state index in [-0.39, 0.29) is 6.04 Å². The van der Waals surface area contributed by atoms with Gasteiger partial charge in [0, 0.05) is 28.0 Å². The molecule has 21 heavy (non-hydrogen) atoms. The van der Waals surface area contributed by atoms with Crippen LogP contribution < -0.4 is 5.32 Å². The Labute approximate surface area is 133 Å². The van der Waals surface area contributed by atoms with E-state index in [1.54, 1.807) is 7.05 Å². The lowest BCUT2D eigenvalue weighted by atomic mass is 10.0. The van der Waals surface area contributed by atoms with E-state index in [1.807, 2.05) is 12.3 Å². The first-order valence-electron chi connectivity index (χ1n) is 6.26. The van der Waals surface area contributed by atoms with Crippen molar-refractivity contribution in [3.05, 3.63) is 49.9 Å². The van der Waals surface area contributed by atoms with Gasteiger partial charge in [0.25, 0.3) is 0 Å². The maximum Gasteiger partial charge on any atom is 0.416 e. The number of aromatic nitrogens is 1. The van der Waals surface area contributed by atoms with E-state index in [9.17, 15) is 13.2 Å². The Morgan fingerprint density at radius 2 is 2.10 bits per heavy atom. The molecule has 0 aliphatic carbocycles. The van der Waals surface area contributed by atoms with Crippen molar-refractivity contribution in [3.63, 3.8) is 0 Å². The van der Waals surface area contributed by atoms with Crippen molar-refractivity contribution in [2.24, 2.45) is 0 Å². The van der Waals surface area contributed by atoms with E-state index in [4.69, 9.17) is 0 Å². The van der Waals surface area contributed by atoms with Crippen LogP contribution in [0.25, 0.3) is 0 Å². The van der Waals surface area contributed by atoms with Crippen molar-refractivity contribution in [3.8, 4) is 0 Å². The monoisotopic (exact) mass is 378 g/mol. The summed E-state index contributed by atoms with van der Waals surface area (Å²) < 4.78 is 39.2. The van der Waals surface area contributed by atoms with Crippen LogP contribution in [0, 0.1) is 6.92 Å². The zero-order valence-electron chi connectivity index (χ0n) is 11.5. The third-order valence-corrected chi connectivity index (χ3v) is 4.80. The Bertz CT molecular complexity index is 625. The highest BCUT2D eigenvalue weighted by atomic mass is 79.9. The first kappa shape index (κ1) is 16.5. The molecule has 0 radical (unpaired) electrons. The van der Waals surface area contributed by atoms with Gasteiger partial charge in [-0.15, -0.1) is 11.3 Å². The number of rotatable bonds is 4. The molecule has 1 aromatic carbocycles. The molecule has 2 rings (SSSR count). The second-order valence-corrected chi connectivity index (χ2v) is 6.46. The minimum Gasteiger partial charge on any atom is -0.313 e. The van der Waals surface area contributed by atoms with Gasteiger partial charge in [0.2, 0.25) is 0 Å². The maximum atomic E-state index is 12.9. The summed E-state index contributed by atoms with van der Waals surface area (Å²) in [6, 6.07) is 3.47. The van der Waals surface area contributed by atoms with Crippen molar-refractivity contribution >= 4 is 27.3 Å². The molecule has 0 fully saturated rings. The molecule has 0 amide bonds. The molecule has 0 bridgehead atoms. The van der Waals surface area contributed by atoms with Gasteiger partial charge in [0.15, 0.2) is 0 Å². The third kappa shape index (κ3) is 4.05. The molecule has 0 spiro atoms. The molecule has 0 aliphatic heterocycles. The maximum absolute atomic E-state index is 12.9. The molecule has 1 atom stereocenters. The van der Waals surface area contributed by atoms with E-state index in [0.717, 1.165) is 16.8 Å². The van der Waals surface area contributed by atoms with E-state index in [2.05, 4.69) is 26.2 Å². The molecule has 114 valence electrons. The molecule has 2 nitrogen and oxygen atoms in total. The predicted octanol–water partition coefficient (Wildman–Crippen LogP) is 4.74. The average Bonchev–Trinajstić information content (AvgIpc) is 2.81. The number of thiazole rings is 1. The van der Waals surface area contributed by atoms with Gasteiger partial charge in [-0.25, -0.2) is 4.98 Å². The molecule has 1 aromatic heterocycles. The van der Waals surface area contributed by atoms with Gasteiger partial charge in [-0.05, 0) is 37.7 Å². The summed E-state index contributed by atoms with van der Waals surface area (Å²) in [5.41, 5.74) is 0.865. The molecule has 1 N–H and O–H groups in total. The second-order valence-electron chi connectivity index (χ2n) is 4.66. The lowest BCUT2D eigenvalue weighted by molar-refractivity contribution is -0.137. The second kappa shape index (κ2) is 6.46. The van der Waals surface area contributed by atoms with E-state index in [1.165, 1.54) is 23.5 Å². The number of nitrogens with one attached hydrogen (secondary N) is 1. The van der Waals surface area contributed by atoms with Crippen molar-refractivity contribution in [2.75, 3.05) is 7.05 Å². The Kier molecular flexibility index (Phi) is 5.06.